The van der Waals surface area contributed by atoms with E-state index < -0.39 is 0 Å². The maximum Gasteiger partial charge on any atom is 0.221 e. The van der Waals surface area contributed by atoms with Crippen molar-refractivity contribution in [1.82, 2.24) is 0 Å². The van der Waals surface area contributed by atoms with Crippen molar-refractivity contribution >= 4 is 17.3 Å². The number of ether oxygens (including phenoxy) is 1. The van der Waals surface area contributed by atoms with Crippen molar-refractivity contribution in [3.8, 4) is 5.75 Å². The minimum atomic E-state index is -0.152. The smallest absolute Gasteiger partial charge is 0.221 e. The van der Waals surface area contributed by atoms with Gasteiger partial charge >= 0.3 is 0 Å². The number of nitrogens with one attached hydrogen (secondary N) is 1. The normalized spacial score (nSPS) is 9.38. The molecule has 0 bridgehead atoms. The van der Waals surface area contributed by atoms with Gasteiger partial charge < -0.3 is 15.8 Å². The fourth-order valence-corrected chi connectivity index (χ4v) is 0.934. The Bertz CT molecular complexity index is 323. The Morgan fingerprint density at radius 1 is 1.69 bits per heavy atom. The van der Waals surface area contributed by atoms with Crippen LogP contribution in [0.4, 0.5) is 11.4 Å². The van der Waals surface area contributed by atoms with Gasteiger partial charge in [0.15, 0.2) is 0 Å². The number of anilines is 2. The zero-order valence-electron chi connectivity index (χ0n) is 7.55. The van der Waals surface area contributed by atoms with Crippen LogP contribution >= 0.6 is 0 Å². The molecular weight excluding hydrogens is 168 g/mol. The molecule has 0 spiro atoms. The Morgan fingerprint density at radius 2 is 2.38 bits per heavy atom. The fraction of sp³-hybridized carbons (Fsp3) is 0.222. The highest BCUT2D eigenvalue weighted by Crippen LogP contribution is 2.23. The van der Waals surface area contributed by atoms with Crippen molar-refractivity contribution in [3.05, 3.63) is 18.2 Å². The summed E-state index contributed by atoms with van der Waals surface area (Å²) >= 11 is 0. The Labute approximate surface area is 76.7 Å². The van der Waals surface area contributed by atoms with Crippen LogP contribution < -0.4 is 15.8 Å². The number of benzene rings is 1. The van der Waals surface area contributed by atoms with Crippen LogP contribution in [0.15, 0.2) is 12.1 Å². The zero-order chi connectivity index (χ0) is 9.84. The van der Waals surface area contributed by atoms with Gasteiger partial charge in [0.05, 0.1) is 18.5 Å². The minimum absolute atomic E-state index is 0.152. The topological polar surface area (TPSA) is 64.3 Å². The van der Waals surface area contributed by atoms with E-state index in [0.29, 0.717) is 17.1 Å². The first-order valence-corrected chi connectivity index (χ1v) is 3.76. The van der Waals surface area contributed by atoms with Crippen molar-refractivity contribution in [3.63, 3.8) is 0 Å². The van der Waals surface area contributed by atoms with Crippen molar-refractivity contribution in [1.29, 1.82) is 0 Å². The first-order chi connectivity index (χ1) is 6.13. The largest absolute Gasteiger partial charge is 0.495 e. The van der Waals surface area contributed by atoms with E-state index in [2.05, 4.69) is 11.4 Å². The second kappa shape index (κ2) is 3.80. The quantitative estimate of drug-likeness (QED) is 0.666. The third-order valence-corrected chi connectivity index (χ3v) is 1.47. The summed E-state index contributed by atoms with van der Waals surface area (Å²) in [6.45, 7) is 1.42. The molecule has 1 aromatic carbocycles. The summed E-state index contributed by atoms with van der Waals surface area (Å²) in [6.07, 6.45) is 0. The summed E-state index contributed by atoms with van der Waals surface area (Å²) in [5, 5.41) is 2.57. The highest BCUT2D eigenvalue weighted by Gasteiger charge is 2.01. The van der Waals surface area contributed by atoms with Crippen LogP contribution in [0.25, 0.3) is 0 Å². The van der Waals surface area contributed by atoms with E-state index in [1.165, 1.54) is 14.0 Å². The first kappa shape index (κ1) is 9.38. The lowest BCUT2D eigenvalue weighted by molar-refractivity contribution is -0.114. The SMILES string of the molecule is COc1c[c]c(NC(C)=O)cc1N. The Morgan fingerprint density at radius 3 is 2.85 bits per heavy atom. The van der Waals surface area contributed by atoms with E-state index in [9.17, 15) is 4.79 Å². The van der Waals surface area contributed by atoms with E-state index in [1.807, 2.05) is 0 Å². The maximum atomic E-state index is 10.7. The number of amides is 1. The number of carbonyl (C=O) groups is 1. The summed E-state index contributed by atoms with van der Waals surface area (Å²) in [5.41, 5.74) is 6.64. The van der Waals surface area contributed by atoms with Crippen LogP contribution in [-0.2, 0) is 4.79 Å². The molecule has 1 aromatic rings. The average molecular weight is 179 g/mol. The fourth-order valence-electron chi connectivity index (χ4n) is 0.934. The molecule has 3 N–H and O–H groups in total. The van der Waals surface area contributed by atoms with Crippen molar-refractivity contribution in [2.45, 2.75) is 6.92 Å². The molecular formula is C9H11N2O2. The molecule has 4 heteroatoms. The van der Waals surface area contributed by atoms with Gasteiger partial charge in [-0.1, -0.05) is 0 Å². The minimum Gasteiger partial charge on any atom is -0.495 e. The lowest BCUT2D eigenvalue weighted by atomic mass is 10.2. The highest BCUT2D eigenvalue weighted by atomic mass is 16.5. The third-order valence-electron chi connectivity index (χ3n) is 1.47. The average Bonchev–Trinajstić information content (AvgIpc) is 2.03. The van der Waals surface area contributed by atoms with Crippen LogP contribution in [0.3, 0.4) is 0 Å². The number of nitrogens with two attached hydrogens (primary N) is 1. The molecule has 0 fully saturated rings. The van der Waals surface area contributed by atoms with Crippen LogP contribution in [0.1, 0.15) is 6.92 Å². The van der Waals surface area contributed by atoms with Crippen molar-refractivity contribution < 1.29 is 9.53 Å². The Hall–Kier alpha value is -1.71. The number of hydrogen-bond donors (Lipinski definition) is 2. The molecule has 1 radical (unpaired) electrons. The predicted octanol–water partition coefficient (Wildman–Crippen LogP) is 1.04. The van der Waals surface area contributed by atoms with Crippen LogP contribution in [0.5, 0.6) is 5.75 Å². The number of nitrogen functional groups attached to an aromatic ring is 1. The van der Waals surface area contributed by atoms with Gasteiger partial charge in [-0.15, -0.1) is 0 Å². The molecule has 0 aliphatic carbocycles. The molecule has 0 unspecified atom stereocenters. The van der Waals surface area contributed by atoms with Gasteiger partial charge in [-0.3, -0.25) is 4.79 Å². The van der Waals surface area contributed by atoms with Gasteiger partial charge in [0.25, 0.3) is 0 Å². The van der Waals surface area contributed by atoms with Gasteiger partial charge in [0, 0.05) is 13.0 Å². The van der Waals surface area contributed by atoms with Crippen molar-refractivity contribution in [2.75, 3.05) is 18.2 Å². The molecule has 0 saturated heterocycles. The van der Waals surface area contributed by atoms with Gasteiger partial charge in [-0.25, -0.2) is 0 Å². The van der Waals surface area contributed by atoms with E-state index in [1.54, 1.807) is 12.1 Å². The lowest BCUT2D eigenvalue weighted by Gasteiger charge is -2.06. The molecule has 0 heterocycles. The maximum absolute atomic E-state index is 10.7. The molecule has 1 rings (SSSR count). The molecule has 0 aromatic heterocycles. The standard InChI is InChI=1S/C9H11N2O2/c1-6(12)11-7-3-4-9(13-2)8(10)5-7/h4-5H,10H2,1-2H3,(H,11,12). The van der Waals surface area contributed by atoms with Gasteiger partial charge in [-0.2, -0.15) is 0 Å². The molecule has 1 amide bonds. The van der Waals surface area contributed by atoms with Gasteiger partial charge in [-0.05, 0) is 12.1 Å². The molecule has 0 saturated carbocycles. The third kappa shape index (κ3) is 2.37. The number of methoxy groups -OCH3 is 1. The summed E-state index contributed by atoms with van der Waals surface area (Å²) < 4.78 is 4.94. The van der Waals surface area contributed by atoms with Gasteiger partial charge in [0.2, 0.25) is 5.91 Å². The second-order valence-electron chi connectivity index (χ2n) is 2.55. The monoisotopic (exact) mass is 179 g/mol. The summed E-state index contributed by atoms with van der Waals surface area (Å²) in [6, 6.07) is 6.00. The molecule has 69 valence electrons. The molecule has 0 aliphatic heterocycles. The summed E-state index contributed by atoms with van der Waals surface area (Å²) in [7, 11) is 1.53. The molecule has 4 nitrogen and oxygen atoms in total. The van der Waals surface area contributed by atoms with E-state index >= 15 is 0 Å². The second-order valence-corrected chi connectivity index (χ2v) is 2.55. The Balaban J connectivity index is 2.89. The number of hydrogen-bond acceptors (Lipinski definition) is 3. The summed E-state index contributed by atoms with van der Waals surface area (Å²) in [5.74, 6) is 0.398. The highest BCUT2D eigenvalue weighted by molar-refractivity contribution is 5.89. The predicted molar refractivity (Wildman–Crippen MR) is 50.5 cm³/mol. The first-order valence-electron chi connectivity index (χ1n) is 3.76. The van der Waals surface area contributed by atoms with E-state index in [0.717, 1.165) is 0 Å². The van der Waals surface area contributed by atoms with E-state index in [4.69, 9.17) is 10.5 Å². The number of rotatable bonds is 2. The molecule has 0 aliphatic rings. The Kier molecular flexibility index (Phi) is 2.74. The lowest BCUT2D eigenvalue weighted by Crippen LogP contribution is -2.06. The van der Waals surface area contributed by atoms with Crippen LogP contribution in [-0.4, -0.2) is 13.0 Å². The van der Waals surface area contributed by atoms with Crippen molar-refractivity contribution in [2.24, 2.45) is 0 Å². The van der Waals surface area contributed by atoms with Crippen LogP contribution in [0.2, 0.25) is 0 Å². The molecule has 0 atom stereocenters. The number of carbonyl (C=O) groups excluding carboxylic acids is 1. The molecule has 13 heavy (non-hydrogen) atoms. The zero-order valence-corrected chi connectivity index (χ0v) is 7.55. The van der Waals surface area contributed by atoms with Crippen LogP contribution in [0, 0.1) is 6.07 Å². The van der Waals surface area contributed by atoms with E-state index in [-0.39, 0.29) is 5.91 Å². The summed E-state index contributed by atoms with van der Waals surface area (Å²) in [4.78, 5) is 10.7. The van der Waals surface area contributed by atoms with Gasteiger partial charge in [0.1, 0.15) is 5.75 Å².